The molecular weight excluding hydrogens is 312 g/mol. The standard InChI is InChI=1S/C18H25BrO/c19-18(11-10-17-7-3-4-12-20-17)16-9-8-14-5-1-2-6-15(14)13-16/h8-9,13,17-18H,1-7,10-12H2. The zero-order valence-electron chi connectivity index (χ0n) is 12.2. The Labute approximate surface area is 131 Å². The number of rotatable bonds is 4. The van der Waals surface area contributed by atoms with E-state index in [0.29, 0.717) is 10.9 Å². The Morgan fingerprint density at radius 3 is 2.75 bits per heavy atom. The molecule has 0 amide bonds. The van der Waals surface area contributed by atoms with Crippen LogP contribution in [0.1, 0.15) is 66.5 Å². The lowest BCUT2D eigenvalue weighted by Gasteiger charge is -2.24. The van der Waals surface area contributed by atoms with Crippen LogP contribution in [0.2, 0.25) is 0 Å². The van der Waals surface area contributed by atoms with E-state index in [0.717, 1.165) is 6.61 Å². The number of halogens is 1. The number of alkyl halides is 1. The average molecular weight is 337 g/mol. The highest BCUT2D eigenvalue weighted by Crippen LogP contribution is 2.33. The second-order valence-electron chi connectivity index (χ2n) is 6.27. The Hall–Kier alpha value is -0.340. The maximum absolute atomic E-state index is 5.83. The van der Waals surface area contributed by atoms with Crippen molar-refractivity contribution in [3.8, 4) is 0 Å². The highest BCUT2D eigenvalue weighted by Gasteiger charge is 2.17. The van der Waals surface area contributed by atoms with E-state index in [4.69, 9.17) is 4.74 Å². The van der Waals surface area contributed by atoms with E-state index >= 15 is 0 Å². The zero-order valence-corrected chi connectivity index (χ0v) is 13.8. The summed E-state index contributed by atoms with van der Waals surface area (Å²) in [6, 6.07) is 7.12. The molecular formula is C18H25BrO. The first-order valence-corrected chi connectivity index (χ1v) is 9.12. The van der Waals surface area contributed by atoms with Gasteiger partial charge in [-0.3, -0.25) is 0 Å². The molecule has 2 aliphatic rings. The van der Waals surface area contributed by atoms with Gasteiger partial charge in [0, 0.05) is 11.4 Å². The Kier molecular flexibility index (Phi) is 5.17. The van der Waals surface area contributed by atoms with Gasteiger partial charge in [0.25, 0.3) is 0 Å². The number of benzene rings is 1. The lowest BCUT2D eigenvalue weighted by molar-refractivity contribution is 0.0102. The minimum atomic E-state index is 0.486. The molecule has 1 fully saturated rings. The minimum absolute atomic E-state index is 0.486. The van der Waals surface area contributed by atoms with Gasteiger partial charge in [-0.15, -0.1) is 0 Å². The van der Waals surface area contributed by atoms with Crippen LogP contribution in [0, 0.1) is 0 Å². The topological polar surface area (TPSA) is 9.23 Å². The van der Waals surface area contributed by atoms with Gasteiger partial charge in [0.05, 0.1) is 6.10 Å². The maximum Gasteiger partial charge on any atom is 0.0575 e. The van der Waals surface area contributed by atoms with Crippen LogP contribution in [0.3, 0.4) is 0 Å². The molecule has 2 atom stereocenters. The fourth-order valence-corrected chi connectivity index (χ4v) is 4.03. The fraction of sp³-hybridized carbons (Fsp3) is 0.667. The van der Waals surface area contributed by atoms with Gasteiger partial charge in [-0.2, -0.15) is 0 Å². The van der Waals surface area contributed by atoms with E-state index in [2.05, 4.69) is 34.1 Å². The van der Waals surface area contributed by atoms with E-state index in [1.165, 1.54) is 63.4 Å². The summed E-state index contributed by atoms with van der Waals surface area (Å²) >= 11 is 3.89. The van der Waals surface area contributed by atoms with Crippen molar-refractivity contribution in [1.82, 2.24) is 0 Å². The van der Waals surface area contributed by atoms with Gasteiger partial charge in [-0.05, 0) is 74.5 Å². The second-order valence-corrected chi connectivity index (χ2v) is 7.37. The number of ether oxygens (including phenoxy) is 1. The van der Waals surface area contributed by atoms with Gasteiger partial charge >= 0.3 is 0 Å². The third kappa shape index (κ3) is 3.65. The molecule has 3 rings (SSSR count). The van der Waals surface area contributed by atoms with Crippen molar-refractivity contribution in [3.05, 3.63) is 34.9 Å². The minimum Gasteiger partial charge on any atom is -0.378 e. The molecule has 0 N–H and O–H groups in total. The Bertz CT molecular complexity index is 437. The molecule has 0 radical (unpaired) electrons. The Morgan fingerprint density at radius 2 is 1.95 bits per heavy atom. The van der Waals surface area contributed by atoms with Crippen LogP contribution in [-0.2, 0) is 17.6 Å². The molecule has 0 spiro atoms. The summed E-state index contributed by atoms with van der Waals surface area (Å²) in [4.78, 5) is 0.486. The largest absolute Gasteiger partial charge is 0.378 e. The van der Waals surface area contributed by atoms with Crippen molar-refractivity contribution < 1.29 is 4.74 Å². The van der Waals surface area contributed by atoms with Gasteiger partial charge in [-0.25, -0.2) is 0 Å². The van der Waals surface area contributed by atoms with E-state index < -0.39 is 0 Å². The second kappa shape index (κ2) is 7.09. The lowest BCUT2D eigenvalue weighted by Crippen LogP contribution is -2.19. The van der Waals surface area contributed by atoms with Crippen molar-refractivity contribution in [2.24, 2.45) is 0 Å². The molecule has 1 heterocycles. The van der Waals surface area contributed by atoms with Crippen LogP contribution in [0.4, 0.5) is 0 Å². The Balaban J connectivity index is 1.57. The summed E-state index contributed by atoms with van der Waals surface area (Å²) in [7, 11) is 0. The molecule has 20 heavy (non-hydrogen) atoms. The van der Waals surface area contributed by atoms with Crippen LogP contribution in [0.15, 0.2) is 18.2 Å². The quantitative estimate of drug-likeness (QED) is 0.673. The van der Waals surface area contributed by atoms with Crippen molar-refractivity contribution >= 4 is 15.9 Å². The Morgan fingerprint density at radius 1 is 1.10 bits per heavy atom. The number of fused-ring (bicyclic) bond motifs is 1. The van der Waals surface area contributed by atoms with Gasteiger partial charge < -0.3 is 4.74 Å². The molecule has 1 saturated heterocycles. The van der Waals surface area contributed by atoms with Crippen LogP contribution in [0.5, 0.6) is 0 Å². The van der Waals surface area contributed by atoms with E-state index in [9.17, 15) is 0 Å². The average Bonchev–Trinajstić information content (AvgIpc) is 2.53. The van der Waals surface area contributed by atoms with Crippen LogP contribution in [0.25, 0.3) is 0 Å². The van der Waals surface area contributed by atoms with E-state index in [-0.39, 0.29) is 0 Å². The van der Waals surface area contributed by atoms with Crippen LogP contribution in [-0.4, -0.2) is 12.7 Å². The monoisotopic (exact) mass is 336 g/mol. The number of aryl methyl sites for hydroxylation is 2. The van der Waals surface area contributed by atoms with E-state index in [1.54, 1.807) is 11.1 Å². The van der Waals surface area contributed by atoms with Crippen molar-refractivity contribution in [2.75, 3.05) is 6.61 Å². The summed E-state index contributed by atoms with van der Waals surface area (Å²) in [5.74, 6) is 0. The van der Waals surface area contributed by atoms with Gasteiger partial charge in [-0.1, -0.05) is 34.1 Å². The lowest BCUT2D eigenvalue weighted by atomic mass is 9.89. The molecule has 2 unspecified atom stereocenters. The molecule has 0 bridgehead atoms. The molecule has 0 aromatic heterocycles. The summed E-state index contributed by atoms with van der Waals surface area (Å²) in [5.41, 5.74) is 4.63. The third-order valence-corrected chi connectivity index (χ3v) is 5.74. The first-order chi connectivity index (χ1) is 9.83. The third-order valence-electron chi connectivity index (χ3n) is 4.75. The molecule has 1 aliphatic carbocycles. The van der Waals surface area contributed by atoms with Crippen LogP contribution < -0.4 is 0 Å². The zero-order chi connectivity index (χ0) is 13.8. The normalized spacial score (nSPS) is 24.1. The van der Waals surface area contributed by atoms with Crippen molar-refractivity contribution in [3.63, 3.8) is 0 Å². The highest BCUT2D eigenvalue weighted by molar-refractivity contribution is 9.09. The molecule has 0 saturated carbocycles. The summed E-state index contributed by atoms with van der Waals surface area (Å²) in [5, 5.41) is 0. The number of hydrogen-bond acceptors (Lipinski definition) is 1. The highest BCUT2D eigenvalue weighted by atomic mass is 79.9. The SMILES string of the molecule is BrC(CCC1CCCCO1)c1ccc2c(c1)CCCC2. The predicted octanol–water partition coefficient (Wildman–Crippen LogP) is 5.35. The summed E-state index contributed by atoms with van der Waals surface area (Å²) < 4.78 is 5.83. The molecule has 2 heteroatoms. The van der Waals surface area contributed by atoms with Crippen LogP contribution >= 0.6 is 15.9 Å². The predicted molar refractivity (Wildman–Crippen MR) is 87.6 cm³/mol. The van der Waals surface area contributed by atoms with Gasteiger partial charge in [0.15, 0.2) is 0 Å². The van der Waals surface area contributed by atoms with Crippen molar-refractivity contribution in [1.29, 1.82) is 0 Å². The molecule has 1 aromatic carbocycles. The van der Waals surface area contributed by atoms with Gasteiger partial charge in [0.2, 0.25) is 0 Å². The van der Waals surface area contributed by atoms with Gasteiger partial charge in [0.1, 0.15) is 0 Å². The van der Waals surface area contributed by atoms with Crippen molar-refractivity contribution in [2.45, 2.75) is 68.7 Å². The smallest absolute Gasteiger partial charge is 0.0575 e. The molecule has 1 aliphatic heterocycles. The molecule has 110 valence electrons. The summed E-state index contributed by atoms with van der Waals surface area (Å²) in [6.07, 6.45) is 12.0. The summed E-state index contributed by atoms with van der Waals surface area (Å²) in [6.45, 7) is 0.969. The molecule has 1 aromatic rings. The molecule has 1 nitrogen and oxygen atoms in total. The first kappa shape index (κ1) is 14.6. The first-order valence-electron chi connectivity index (χ1n) is 8.20. The fourth-order valence-electron chi connectivity index (χ4n) is 3.48. The van der Waals surface area contributed by atoms with E-state index in [1.807, 2.05) is 0 Å². The number of hydrogen-bond donors (Lipinski definition) is 0. The maximum atomic E-state index is 5.83.